The van der Waals surface area contributed by atoms with Crippen LogP contribution in [0.2, 0.25) is 0 Å². The van der Waals surface area contributed by atoms with Crippen LogP contribution in [0.3, 0.4) is 0 Å². The molecule has 0 spiro atoms. The third-order valence-electron chi connectivity index (χ3n) is 4.90. The standard InChI is InChI=1S/C17H30O4/c1-6-7-8-13(15(19)20-4)14(18)17(21-5)11-9-16(2,3)10-12-17/h13H,6-12H2,1-5H3. The molecule has 0 N–H and O–H groups in total. The lowest BCUT2D eigenvalue weighted by Crippen LogP contribution is -2.50. The zero-order chi connectivity index (χ0) is 16.1. The van der Waals surface area contributed by atoms with Crippen LogP contribution < -0.4 is 0 Å². The number of ketones is 1. The van der Waals surface area contributed by atoms with E-state index in [1.165, 1.54) is 7.11 Å². The molecule has 1 fully saturated rings. The fraction of sp³-hybridized carbons (Fsp3) is 0.882. The van der Waals surface area contributed by atoms with Gasteiger partial charge in [-0.25, -0.2) is 0 Å². The van der Waals surface area contributed by atoms with Gasteiger partial charge in [-0.1, -0.05) is 33.6 Å². The molecule has 4 nitrogen and oxygen atoms in total. The summed E-state index contributed by atoms with van der Waals surface area (Å²) in [6, 6.07) is 0. The second-order valence-electron chi connectivity index (χ2n) is 6.94. The predicted molar refractivity (Wildman–Crippen MR) is 82.0 cm³/mol. The molecule has 0 saturated heterocycles. The molecule has 122 valence electrons. The molecule has 1 rings (SSSR count). The SMILES string of the molecule is CCCCC(C(=O)OC)C(=O)C1(OC)CCC(C)(C)CC1. The Balaban J connectivity index is 2.91. The van der Waals surface area contributed by atoms with Gasteiger partial charge in [-0.2, -0.15) is 0 Å². The summed E-state index contributed by atoms with van der Waals surface area (Å²) < 4.78 is 10.5. The Bertz CT molecular complexity index is 363. The van der Waals surface area contributed by atoms with E-state index in [2.05, 4.69) is 13.8 Å². The molecule has 0 heterocycles. The third-order valence-corrected chi connectivity index (χ3v) is 4.90. The molecular weight excluding hydrogens is 268 g/mol. The number of hydrogen-bond donors (Lipinski definition) is 0. The Morgan fingerprint density at radius 3 is 2.10 bits per heavy atom. The van der Waals surface area contributed by atoms with Crippen molar-refractivity contribution < 1.29 is 19.1 Å². The van der Waals surface area contributed by atoms with E-state index >= 15 is 0 Å². The number of esters is 1. The summed E-state index contributed by atoms with van der Waals surface area (Å²) >= 11 is 0. The lowest BCUT2D eigenvalue weighted by Gasteiger charge is -2.42. The van der Waals surface area contributed by atoms with Gasteiger partial charge in [0.25, 0.3) is 0 Å². The maximum absolute atomic E-state index is 12.9. The summed E-state index contributed by atoms with van der Waals surface area (Å²) in [5, 5.41) is 0. The van der Waals surface area contributed by atoms with E-state index in [9.17, 15) is 9.59 Å². The quantitative estimate of drug-likeness (QED) is 0.533. The van der Waals surface area contributed by atoms with Crippen molar-refractivity contribution in [3.8, 4) is 0 Å². The van der Waals surface area contributed by atoms with Crippen molar-refractivity contribution in [1.29, 1.82) is 0 Å². The summed E-state index contributed by atoms with van der Waals surface area (Å²) in [7, 11) is 2.93. The third kappa shape index (κ3) is 4.29. The van der Waals surface area contributed by atoms with Gasteiger partial charge in [0.2, 0.25) is 0 Å². The van der Waals surface area contributed by atoms with Crippen molar-refractivity contribution in [2.75, 3.05) is 14.2 Å². The first-order valence-electron chi connectivity index (χ1n) is 7.99. The first kappa shape index (κ1) is 18.1. The molecule has 21 heavy (non-hydrogen) atoms. The molecule has 1 atom stereocenters. The van der Waals surface area contributed by atoms with Crippen LogP contribution in [0.4, 0.5) is 0 Å². The Hall–Kier alpha value is -0.900. The molecular formula is C17H30O4. The average Bonchev–Trinajstić information content (AvgIpc) is 2.47. The summed E-state index contributed by atoms with van der Waals surface area (Å²) in [5.74, 6) is -1.19. The molecule has 0 aromatic heterocycles. The summed E-state index contributed by atoms with van der Waals surface area (Å²) in [5.41, 5.74) is -0.561. The number of carbonyl (C=O) groups excluding carboxylic acids is 2. The highest BCUT2D eigenvalue weighted by molar-refractivity contribution is 6.03. The van der Waals surface area contributed by atoms with Gasteiger partial charge in [-0.15, -0.1) is 0 Å². The van der Waals surface area contributed by atoms with Crippen LogP contribution in [-0.4, -0.2) is 31.6 Å². The minimum atomic E-state index is -0.803. The van der Waals surface area contributed by atoms with Gasteiger partial charge in [-0.05, 0) is 37.5 Å². The second-order valence-corrected chi connectivity index (χ2v) is 6.94. The van der Waals surface area contributed by atoms with Crippen molar-refractivity contribution in [3.05, 3.63) is 0 Å². The lowest BCUT2D eigenvalue weighted by atomic mass is 9.67. The second kappa shape index (κ2) is 7.39. The molecule has 0 aliphatic heterocycles. The van der Waals surface area contributed by atoms with E-state index in [0.29, 0.717) is 19.3 Å². The summed E-state index contributed by atoms with van der Waals surface area (Å²) in [6.07, 6.45) is 5.60. The van der Waals surface area contributed by atoms with E-state index in [0.717, 1.165) is 25.7 Å². The van der Waals surface area contributed by atoms with Crippen molar-refractivity contribution in [3.63, 3.8) is 0 Å². The number of Topliss-reactive ketones (excluding diaryl/α,β-unsaturated/α-hetero) is 1. The van der Waals surface area contributed by atoms with Gasteiger partial charge in [0, 0.05) is 7.11 Å². The number of methoxy groups -OCH3 is 2. The minimum Gasteiger partial charge on any atom is -0.468 e. The molecule has 1 aliphatic carbocycles. The number of ether oxygens (including phenoxy) is 2. The van der Waals surface area contributed by atoms with Crippen molar-refractivity contribution in [2.45, 2.75) is 71.3 Å². The molecule has 0 radical (unpaired) electrons. The molecule has 0 aromatic rings. The first-order chi connectivity index (χ1) is 9.82. The highest BCUT2D eigenvalue weighted by atomic mass is 16.5. The zero-order valence-electron chi connectivity index (χ0n) is 14.2. The van der Waals surface area contributed by atoms with Gasteiger partial charge in [0.15, 0.2) is 5.78 Å². The van der Waals surface area contributed by atoms with Crippen LogP contribution in [0.25, 0.3) is 0 Å². The first-order valence-corrected chi connectivity index (χ1v) is 7.99. The number of hydrogen-bond acceptors (Lipinski definition) is 4. The van der Waals surface area contributed by atoms with Crippen LogP contribution in [0, 0.1) is 11.3 Å². The molecule has 1 saturated carbocycles. The summed E-state index contributed by atoms with van der Waals surface area (Å²) in [6.45, 7) is 6.48. The van der Waals surface area contributed by atoms with Crippen molar-refractivity contribution >= 4 is 11.8 Å². The van der Waals surface area contributed by atoms with E-state index in [1.807, 2.05) is 6.92 Å². The van der Waals surface area contributed by atoms with Gasteiger partial charge < -0.3 is 9.47 Å². The molecule has 0 aromatic carbocycles. The Morgan fingerprint density at radius 1 is 1.10 bits per heavy atom. The number of rotatable bonds is 7. The maximum Gasteiger partial charge on any atom is 0.316 e. The van der Waals surface area contributed by atoms with Crippen LogP contribution in [0.1, 0.15) is 65.7 Å². The van der Waals surface area contributed by atoms with Gasteiger partial charge in [0.05, 0.1) is 7.11 Å². The van der Waals surface area contributed by atoms with E-state index < -0.39 is 17.5 Å². The number of carbonyl (C=O) groups is 2. The normalized spacial score (nSPS) is 21.6. The topological polar surface area (TPSA) is 52.6 Å². The fourth-order valence-electron chi connectivity index (χ4n) is 3.11. The maximum atomic E-state index is 12.9. The molecule has 0 amide bonds. The molecule has 4 heteroatoms. The molecule has 0 bridgehead atoms. The fourth-order valence-corrected chi connectivity index (χ4v) is 3.11. The van der Waals surface area contributed by atoms with Gasteiger partial charge >= 0.3 is 5.97 Å². The van der Waals surface area contributed by atoms with Gasteiger partial charge in [-0.3, -0.25) is 9.59 Å². The smallest absolute Gasteiger partial charge is 0.316 e. The van der Waals surface area contributed by atoms with E-state index in [1.54, 1.807) is 7.11 Å². The highest BCUT2D eigenvalue weighted by Crippen LogP contribution is 2.43. The Morgan fingerprint density at radius 2 is 1.67 bits per heavy atom. The molecule has 1 unspecified atom stereocenters. The molecule has 1 aliphatic rings. The largest absolute Gasteiger partial charge is 0.468 e. The Labute approximate surface area is 128 Å². The zero-order valence-corrected chi connectivity index (χ0v) is 14.2. The predicted octanol–water partition coefficient (Wildman–Crippen LogP) is 3.52. The van der Waals surface area contributed by atoms with E-state index in [-0.39, 0.29) is 11.2 Å². The minimum absolute atomic E-state index is 0.0826. The van der Waals surface area contributed by atoms with Crippen LogP contribution >= 0.6 is 0 Å². The van der Waals surface area contributed by atoms with Gasteiger partial charge in [0.1, 0.15) is 11.5 Å². The average molecular weight is 298 g/mol. The van der Waals surface area contributed by atoms with E-state index in [4.69, 9.17) is 9.47 Å². The van der Waals surface area contributed by atoms with Crippen molar-refractivity contribution in [2.24, 2.45) is 11.3 Å². The number of unbranched alkanes of at least 4 members (excludes halogenated alkanes) is 1. The monoisotopic (exact) mass is 298 g/mol. The lowest BCUT2D eigenvalue weighted by molar-refractivity contribution is -0.162. The Kier molecular flexibility index (Phi) is 6.39. The van der Waals surface area contributed by atoms with Crippen LogP contribution in [0.15, 0.2) is 0 Å². The highest BCUT2D eigenvalue weighted by Gasteiger charge is 2.48. The summed E-state index contributed by atoms with van der Waals surface area (Å²) in [4.78, 5) is 24.9. The van der Waals surface area contributed by atoms with Crippen LogP contribution in [0.5, 0.6) is 0 Å². The van der Waals surface area contributed by atoms with Crippen molar-refractivity contribution in [1.82, 2.24) is 0 Å². The van der Waals surface area contributed by atoms with Crippen LogP contribution in [-0.2, 0) is 19.1 Å².